The Balaban J connectivity index is 2.46. The summed E-state index contributed by atoms with van der Waals surface area (Å²) in [4.78, 5) is 0. The average Bonchev–Trinajstić information content (AvgIpc) is 2.12. The van der Waals surface area contributed by atoms with Crippen molar-refractivity contribution in [2.24, 2.45) is 0 Å². The van der Waals surface area contributed by atoms with E-state index in [2.05, 4.69) is 0 Å². The lowest BCUT2D eigenvalue weighted by Crippen LogP contribution is -1.42. The molecule has 0 nitrogen and oxygen atoms in total. The third kappa shape index (κ3) is 0.537. The third-order valence-electron chi connectivity index (χ3n) is 0.774. The van der Waals surface area contributed by atoms with Crippen molar-refractivity contribution in [3.63, 3.8) is 0 Å². The summed E-state index contributed by atoms with van der Waals surface area (Å²) in [7, 11) is 5.07. The van der Waals surface area contributed by atoms with E-state index in [-0.39, 0.29) is 0 Å². The molecule has 0 unspecified atom stereocenters. The minimum absolute atomic E-state index is 1.25. The van der Waals surface area contributed by atoms with Crippen molar-refractivity contribution < 1.29 is 0 Å². The van der Waals surface area contributed by atoms with Gasteiger partial charge in [-0.2, -0.15) is 0 Å². The molecule has 1 aliphatic rings. The molecule has 0 spiro atoms. The van der Waals surface area contributed by atoms with Crippen molar-refractivity contribution in [1.29, 1.82) is 0 Å². The molecule has 0 amide bonds. The highest BCUT2D eigenvalue weighted by molar-refractivity contribution is 6.17. The Morgan fingerprint density at radius 1 is 1.60 bits per heavy atom. The zero-order valence-electron chi connectivity index (χ0n) is 3.07. The van der Waals surface area contributed by atoms with Crippen molar-refractivity contribution in [2.75, 3.05) is 0 Å². The second-order valence-electron chi connectivity index (χ2n) is 1.32. The monoisotopic (exact) mass is 64.0 g/mol. The van der Waals surface area contributed by atoms with Crippen LogP contribution in [0.2, 0.25) is 0 Å². The van der Waals surface area contributed by atoms with E-state index in [0.717, 1.165) is 0 Å². The first-order chi connectivity index (χ1) is 2.43. The van der Waals surface area contributed by atoms with E-state index in [0.29, 0.717) is 0 Å². The van der Waals surface area contributed by atoms with Crippen LogP contribution in [0.3, 0.4) is 0 Å². The SMILES string of the molecule is [B]C=C1CC1. The summed E-state index contributed by atoms with van der Waals surface area (Å²) in [6.07, 6.45) is 2.49. The molecule has 24 valence electrons. The van der Waals surface area contributed by atoms with Gasteiger partial charge in [0, 0.05) is 0 Å². The van der Waals surface area contributed by atoms with Crippen LogP contribution in [0.15, 0.2) is 11.5 Å². The highest BCUT2D eigenvalue weighted by Crippen LogP contribution is 2.25. The number of hydrogen-bond acceptors (Lipinski definition) is 0. The summed E-state index contributed by atoms with van der Waals surface area (Å²) in [5.74, 6) is 1.69. The van der Waals surface area contributed by atoms with E-state index in [1.54, 1.807) is 5.98 Å². The van der Waals surface area contributed by atoms with Crippen molar-refractivity contribution in [2.45, 2.75) is 12.8 Å². The van der Waals surface area contributed by atoms with Gasteiger partial charge in [0.25, 0.3) is 0 Å². The van der Waals surface area contributed by atoms with Crippen molar-refractivity contribution in [1.82, 2.24) is 0 Å². The lowest BCUT2D eigenvalue weighted by molar-refractivity contribution is 1.50. The highest BCUT2D eigenvalue weighted by Gasteiger charge is 2.06. The van der Waals surface area contributed by atoms with Crippen LogP contribution < -0.4 is 0 Å². The van der Waals surface area contributed by atoms with Crippen LogP contribution in [0.4, 0.5) is 0 Å². The fourth-order valence-corrected chi connectivity index (χ4v) is 0.239. The molecule has 0 heterocycles. The van der Waals surface area contributed by atoms with E-state index in [4.69, 9.17) is 7.85 Å². The van der Waals surface area contributed by atoms with Gasteiger partial charge < -0.3 is 0 Å². The van der Waals surface area contributed by atoms with Gasteiger partial charge in [-0.05, 0) is 12.8 Å². The molecular weight excluding hydrogens is 58.9 g/mol. The summed E-state index contributed by atoms with van der Waals surface area (Å²) in [5.41, 5.74) is 1.41. The lowest BCUT2D eigenvalue weighted by atomic mass is 10.1. The maximum Gasteiger partial charge on any atom is 0.102 e. The maximum atomic E-state index is 5.07. The van der Waals surface area contributed by atoms with Crippen LogP contribution in [0.1, 0.15) is 12.8 Å². The first-order valence-corrected chi connectivity index (χ1v) is 1.83. The molecule has 0 aliphatic heterocycles. The van der Waals surface area contributed by atoms with Crippen LogP contribution in [-0.2, 0) is 0 Å². The molecular formula is C4H5B. The van der Waals surface area contributed by atoms with Crippen molar-refractivity contribution >= 4 is 7.85 Å². The molecule has 1 rings (SSSR count). The first-order valence-electron chi connectivity index (χ1n) is 1.83. The number of allylic oxidation sites excluding steroid dienone is 1. The van der Waals surface area contributed by atoms with E-state index >= 15 is 0 Å². The zero-order valence-corrected chi connectivity index (χ0v) is 3.07. The fraction of sp³-hybridized carbons (Fsp3) is 0.500. The Morgan fingerprint density at radius 2 is 2.20 bits per heavy atom. The molecule has 1 saturated carbocycles. The smallest absolute Gasteiger partial charge is 0.102 e. The topological polar surface area (TPSA) is 0 Å². The first kappa shape index (κ1) is 3.01. The molecule has 0 atom stereocenters. The number of hydrogen-bond donors (Lipinski definition) is 0. The summed E-state index contributed by atoms with van der Waals surface area (Å²) in [5, 5.41) is 0. The second kappa shape index (κ2) is 0.888. The largest absolute Gasteiger partial charge is 0.132 e. The van der Waals surface area contributed by atoms with Crippen LogP contribution in [0.5, 0.6) is 0 Å². The summed E-state index contributed by atoms with van der Waals surface area (Å²) >= 11 is 0. The molecule has 1 fully saturated rings. The van der Waals surface area contributed by atoms with Gasteiger partial charge in [-0.25, -0.2) is 0 Å². The Bertz CT molecular complexity index is 58.0. The fourth-order valence-electron chi connectivity index (χ4n) is 0.239. The molecule has 1 aliphatic carbocycles. The molecule has 0 aromatic carbocycles. The Labute approximate surface area is 33.3 Å². The van der Waals surface area contributed by atoms with E-state index in [1.165, 1.54) is 18.4 Å². The quantitative estimate of drug-likeness (QED) is 0.366. The summed E-state index contributed by atoms with van der Waals surface area (Å²) in [6, 6.07) is 0. The zero-order chi connectivity index (χ0) is 3.70. The Morgan fingerprint density at radius 3 is 2.20 bits per heavy atom. The van der Waals surface area contributed by atoms with Gasteiger partial charge in [0.05, 0.1) is 0 Å². The van der Waals surface area contributed by atoms with Crippen LogP contribution in [-0.4, -0.2) is 7.85 Å². The Kier molecular flexibility index (Phi) is 0.535. The molecule has 0 aromatic rings. The van der Waals surface area contributed by atoms with Gasteiger partial charge in [0.2, 0.25) is 0 Å². The van der Waals surface area contributed by atoms with Crippen LogP contribution >= 0.6 is 0 Å². The summed E-state index contributed by atoms with van der Waals surface area (Å²) in [6.45, 7) is 0. The van der Waals surface area contributed by atoms with Crippen LogP contribution in [0, 0.1) is 0 Å². The van der Waals surface area contributed by atoms with E-state index in [1.807, 2.05) is 0 Å². The van der Waals surface area contributed by atoms with Crippen LogP contribution in [0.25, 0.3) is 0 Å². The predicted octanol–water partition coefficient (Wildman–Crippen LogP) is 0.833. The van der Waals surface area contributed by atoms with Gasteiger partial charge in [-0.1, -0.05) is 5.57 Å². The van der Waals surface area contributed by atoms with Gasteiger partial charge in [-0.15, -0.1) is 5.98 Å². The van der Waals surface area contributed by atoms with Gasteiger partial charge in [0.1, 0.15) is 7.85 Å². The van der Waals surface area contributed by atoms with Crippen molar-refractivity contribution in [3.05, 3.63) is 11.5 Å². The molecule has 0 aromatic heterocycles. The predicted molar refractivity (Wildman–Crippen MR) is 23.1 cm³/mol. The highest BCUT2D eigenvalue weighted by atomic mass is 14.1. The molecule has 5 heavy (non-hydrogen) atoms. The van der Waals surface area contributed by atoms with Gasteiger partial charge >= 0.3 is 0 Å². The molecule has 0 N–H and O–H groups in total. The van der Waals surface area contributed by atoms with E-state index in [9.17, 15) is 0 Å². The average molecular weight is 63.9 g/mol. The van der Waals surface area contributed by atoms with Crippen molar-refractivity contribution in [3.8, 4) is 0 Å². The van der Waals surface area contributed by atoms with Gasteiger partial charge in [-0.3, -0.25) is 0 Å². The van der Waals surface area contributed by atoms with Gasteiger partial charge in [0.15, 0.2) is 0 Å². The van der Waals surface area contributed by atoms with E-state index < -0.39 is 0 Å². The normalized spacial score (nSPS) is 18.8. The summed E-state index contributed by atoms with van der Waals surface area (Å²) < 4.78 is 0. The lowest BCUT2D eigenvalue weighted by Gasteiger charge is -1.53. The maximum absolute atomic E-state index is 5.07. The molecule has 0 saturated heterocycles. The minimum Gasteiger partial charge on any atom is -0.132 e. The molecule has 2 radical (unpaired) electrons. The second-order valence-corrected chi connectivity index (χ2v) is 1.32. The third-order valence-corrected chi connectivity index (χ3v) is 0.774. The minimum atomic E-state index is 1.25. The standard InChI is InChI=1S/C4H5B/c5-3-4-1-2-4/h3H,1-2H2. The number of rotatable bonds is 0. The molecule has 1 heteroatoms. The Hall–Kier alpha value is -0.195. The molecule has 0 bridgehead atoms.